The Bertz CT molecular complexity index is 1120. The minimum atomic E-state index is -1.01. The van der Waals surface area contributed by atoms with Crippen molar-refractivity contribution in [1.29, 1.82) is 0 Å². The summed E-state index contributed by atoms with van der Waals surface area (Å²) in [6.45, 7) is 23.4. The van der Waals surface area contributed by atoms with Crippen molar-refractivity contribution in [1.82, 2.24) is 0 Å². The molecule has 304 valence electrons. The van der Waals surface area contributed by atoms with Crippen LogP contribution in [0.1, 0.15) is 126 Å². The molecule has 0 aliphatic carbocycles. The van der Waals surface area contributed by atoms with E-state index in [9.17, 15) is 19.2 Å². The smallest absolute Gasteiger partial charge is 0.310 e. The number of piperidine rings is 4. The Labute approximate surface area is 319 Å². The lowest BCUT2D eigenvalue weighted by Gasteiger charge is -2.38. The van der Waals surface area contributed by atoms with E-state index in [0.29, 0.717) is 0 Å². The quantitative estimate of drug-likeness (QED) is 0.131. The molecule has 0 radical (unpaired) electrons. The molecule has 4 rings (SSSR count). The van der Waals surface area contributed by atoms with E-state index in [1.54, 1.807) is 0 Å². The van der Waals surface area contributed by atoms with Crippen molar-refractivity contribution in [2.24, 2.45) is 35.5 Å². The first kappa shape index (κ1) is 43.4. The summed E-state index contributed by atoms with van der Waals surface area (Å²) < 4.78 is 24.9. The Morgan fingerprint density at radius 2 is 0.660 bits per heavy atom. The molecule has 0 spiro atoms. The van der Waals surface area contributed by atoms with Crippen LogP contribution in [0.25, 0.3) is 0 Å². The van der Waals surface area contributed by atoms with Crippen LogP contribution in [0.15, 0.2) is 0 Å². The number of quaternary nitrogens is 4. The summed E-state index contributed by atoms with van der Waals surface area (Å²) in [4.78, 5) is 56.2. The van der Waals surface area contributed by atoms with Crippen molar-refractivity contribution >= 4 is 23.9 Å². The van der Waals surface area contributed by atoms with Gasteiger partial charge in [0.25, 0.3) is 0 Å². The van der Waals surface area contributed by atoms with E-state index in [4.69, 9.17) is 18.9 Å². The van der Waals surface area contributed by atoms with Crippen LogP contribution in [-0.4, -0.2) is 98.6 Å². The second kappa shape index (κ2) is 19.0. The Hall–Kier alpha value is -2.28. The number of esters is 4. The normalized spacial score (nSPS) is 22.0. The highest BCUT2D eigenvalue weighted by atomic mass is 16.6. The van der Waals surface area contributed by atoms with E-state index in [2.05, 4.69) is 21.3 Å². The van der Waals surface area contributed by atoms with E-state index in [1.807, 2.05) is 55.4 Å². The highest BCUT2D eigenvalue weighted by Crippen LogP contribution is 2.36. The minimum absolute atomic E-state index is 0.0808. The fourth-order valence-electron chi connectivity index (χ4n) is 9.45. The molecule has 8 N–H and O–H groups in total. The first-order valence-electron chi connectivity index (χ1n) is 21.1. The third kappa shape index (κ3) is 12.9. The van der Waals surface area contributed by atoms with E-state index in [0.717, 1.165) is 104 Å². The monoisotopic (exact) mass is 753 g/mol. The molecule has 4 aliphatic heterocycles. The molecule has 0 aromatic carbocycles. The summed E-state index contributed by atoms with van der Waals surface area (Å²) in [5.74, 6) is -3.32. The van der Waals surface area contributed by atoms with Gasteiger partial charge in [-0.15, -0.1) is 0 Å². The van der Waals surface area contributed by atoms with Gasteiger partial charge >= 0.3 is 23.9 Å². The Morgan fingerprint density at radius 3 is 0.906 bits per heavy atom. The second-order valence-electron chi connectivity index (χ2n) is 18.8. The van der Waals surface area contributed by atoms with Gasteiger partial charge in [0.05, 0.1) is 77.0 Å². The standard InChI is InChI=1S/C41H72N4O8/c1-38(2,30-9-17-42-18-10-30)50-34(46)26-28(36(48)52-40(5,6)32-13-21-44-22-14-32)25-29(37(49)53-41(7,8)33-15-23-45-24-16-33)27-35(47)51-39(3,4)31-11-19-43-20-12-31/h28-33,42-45H,9-27H2,1-8H3/p+4. The molecule has 12 heteroatoms. The molecule has 4 heterocycles. The van der Waals surface area contributed by atoms with Gasteiger partial charge in [0.15, 0.2) is 0 Å². The van der Waals surface area contributed by atoms with Crippen molar-refractivity contribution in [2.75, 3.05) is 52.4 Å². The van der Waals surface area contributed by atoms with Crippen molar-refractivity contribution in [3.05, 3.63) is 0 Å². The topological polar surface area (TPSA) is 172 Å². The van der Waals surface area contributed by atoms with Gasteiger partial charge in [-0.1, -0.05) is 0 Å². The summed E-state index contributed by atoms with van der Waals surface area (Å²) in [7, 11) is 0. The zero-order valence-electron chi connectivity index (χ0n) is 34.5. The first-order valence-corrected chi connectivity index (χ1v) is 21.1. The third-order valence-electron chi connectivity index (χ3n) is 13.2. The summed E-state index contributed by atoms with van der Waals surface area (Å²) >= 11 is 0. The van der Waals surface area contributed by atoms with Crippen LogP contribution in [0.4, 0.5) is 0 Å². The zero-order valence-corrected chi connectivity index (χ0v) is 34.5. The van der Waals surface area contributed by atoms with Crippen LogP contribution >= 0.6 is 0 Å². The van der Waals surface area contributed by atoms with Crippen molar-refractivity contribution in [2.45, 2.75) is 148 Å². The van der Waals surface area contributed by atoms with Crippen LogP contribution in [0, 0.1) is 35.5 Å². The van der Waals surface area contributed by atoms with Crippen LogP contribution in [0.2, 0.25) is 0 Å². The highest BCUT2D eigenvalue weighted by molar-refractivity contribution is 5.83. The number of carbonyl (C=O) groups is 4. The number of hydrogen-bond acceptors (Lipinski definition) is 8. The molecule has 0 amide bonds. The molecule has 4 saturated heterocycles. The van der Waals surface area contributed by atoms with Gasteiger partial charge in [-0.05, 0) is 61.8 Å². The lowest BCUT2D eigenvalue weighted by molar-refractivity contribution is -0.666. The molecule has 0 aromatic heterocycles. The maximum atomic E-state index is 14.3. The van der Waals surface area contributed by atoms with Crippen LogP contribution < -0.4 is 21.3 Å². The molecule has 4 fully saturated rings. The number of rotatable bonds is 16. The number of carbonyl (C=O) groups excluding carboxylic acids is 4. The fraction of sp³-hybridized carbons (Fsp3) is 0.902. The van der Waals surface area contributed by atoms with Gasteiger partial charge in [-0.3, -0.25) is 19.2 Å². The van der Waals surface area contributed by atoms with Gasteiger partial charge < -0.3 is 40.2 Å². The maximum Gasteiger partial charge on any atom is 0.310 e. The van der Waals surface area contributed by atoms with Gasteiger partial charge in [0.1, 0.15) is 22.4 Å². The molecule has 53 heavy (non-hydrogen) atoms. The lowest BCUT2D eigenvalue weighted by atomic mass is 9.82. The summed E-state index contributed by atoms with van der Waals surface area (Å²) in [6, 6.07) is 0. The maximum absolute atomic E-state index is 14.3. The predicted octanol–water partition coefficient (Wildman–Crippen LogP) is 0.570. The average Bonchev–Trinajstić information content (AvgIpc) is 3.11. The first-order chi connectivity index (χ1) is 24.9. The van der Waals surface area contributed by atoms with E-state index in [-0.39, 0.29) is 42.9 Å². The predicted molar refractivity (Wildman–Crippen MR) is 199 cm³/mol. The van der Waals surface area contributed by atoms with Crippen molar-refractivity contribution < 1.29 is 59.4 Å². The third-order valence-corrected chi connectivity index (χ3v) is 13.2. The van der Waals surface area contributed by atoms with Gasteiger partial charge in [-0.25, -0.2) is 0 Å². The van der Waals surface area contributed by atoms with Crippen LogP contribution in [-0.2, 0) is 38.1 Å². The number of hydrogen-bond donors (Lipinski definition) is 4. The minimum Gasteiger partial charge on any atom is -0.459 e. The summed E-state index contributed by atoms with van der Waals surface area (Å²) in [5, 5.41) is 9.10. The molecule has 12 nitrogen and oxygen atoms in total. The second-order valence-corrected chi connectivity index (χ2v) is 18.8. The number of ether oxygens (including phenoxy) is 4. The SMILES string of the molecule is CC(C)(OC(=O)CC(CC(CC(=O)OC(C)(C)C1CC[NH2+]CC1)C(=O)OC(C)(C)C1CC[NH2+]CC1)C(=O)OC(C)(C)C1CC[NH2+]CC1)C1CC[NH2+]CC1. The Balaban J connectivity index is 1.58. The molecule has 2 unspecified atom stereocenters. The fourth-order valence-corrected chi connectivity index (χ4v) is 9.45. The van der Waals surface area contributed by atoms with E-state index < -0.39 is 58.1 Å². The molecular weight excluding hydrogens is 676 g/mol. The Morgan fingerprint density at radius 1 is 0.434 bits per heavy atom. The molecule has 0 saturated carbocycles. The zero-order chi connectivity index (χ0) is 38.9. The van der Waals surface area contributed by atoms with E-state index in [1.165, 1.54) is 0 Å². The molecule has 0 bridgehead atoms. The summed E-state index contributed by atoms with van der Waals surface area (Å²) in [6.07, 6.45) is 6.87. The largest absolute Gasteiger partial charge is 0.459 e. The van der Waals surface area contributed by atoms with E-state index >= 15 is 0 Å². The lowest BCUT2D eigenvalue weighted by Crippen LogP contribution is -2.86. The van der Waals surface area contributed by atoms with Crippen molar-refractivity contribution in [3.63, 3.8) is 0 Å². The number of nitrogens with two attached hydrogens (primary N) is 4. The average molecular weight is 753 g/mol. The Kier molecular flexibility index (Phi) is 15.6. The van der Waals surface area contributed by atoms with Crippen LogP contribution in [0.3, 0.4) is 0 Å². The molecule has 2 atom stereocenters. The van der Waals surface area contributed by atoms with Crippen molar-refractivity contribution in [3.8, 4) is 0 Å². The van der Waals surface area contributed by atoms with Crippen LogP contribution in [0.5, 0.6) is 0 Å². The van der Waals surface area contributed by atoms with Gasteiger partial charge in [-0.2, -0.15) is 0 Å². The van der Waals surface area contributed by atoms with Gasteiger partial charge in [0.2, 0.25) is 0 Å². The molecule has 4 aliphatic rings. The highest BCUT2D eigenvalue weighted by Gasteiger charge is 2.44. The van der Waals surface area contributed by atoms with Gasteiger partial charge in [0, 0.05) is 75.0 Å². The summed E-state index contributed by atoms with van der Waals surface area (Å²) in [5.41, 5.74) is -2.93. The molecule has 0 aromatic rings. The molecular formula is C41H76N4O8+4.